The fourth-order valence-electron chi connectivity index (χ4n) is 5.79. The van der Waals surface area contributed by atoms with Gasteiger partial charge in [0.1, 0.15) is 11.3 Å². The van der Waals surface area contributed by atoms with Gasteiger partial charge in [-0.15, -0.1) is 0 Å². The van der Waals surface area contributed by atoms with E-state index in [2.05, 4.69) is 44.0 Å². The van der Waals surface area contributed by atoms with E-state index in [1.807, 2.05) is 0 Å². The van der Waals surface area contributed by atoms with Crippen LogP contribution in [0.4, 0.5) is 19.0 Å². The van der Waals surface area contributed by atoms with Crippen molar-refractivity contribution >= 4 is 40.2 Å². The molecule has 1 N–H and O–H groups in total. The van der Waals surface area contributed by atoms with Crippen molar-refractivity contribution in [1.82, 2.24) is 30.0 Å². The van der Waals surface area contributed by atoms with Crippen LogP contribution in [0.1, 0.15) is 50.9 Å². The first-order valence-corrected chi connectivity index (χ1v) is 14.7. The molecule has 7 nitrogen and oxygen atoms in total. The number of fused-ring (bicyclic) bond motifs is 1. The Kier molecular flexibility index (Phi) is 8.80. The average molecular weight is 599 g/mol. The van der Waals surface area contributed by atoms with Crippen LogP contribution in [0.5, 0.6) is 0 Å². The molecule has 218 valence electrons. The molecule has 5 rings (SSSR count). The van der Waals surface area contributed by atoms with Crippen LogP contribution in [-0.4, -0.2) is 70.5 Å². The summed E-state index contributed by atoms with van der Waals surface area (Å²) in [5, 5.41) is 8.25. The van der Waals surface area contributed by atoms with Crippen molar-refractivity contribution in [2.24, 2.45) is 17.8 Å². The van der Waals surface area contributed by atoms with E-state index < -0.39 is 17.9 Å². The Morgan fingerprint density at radius 3 is 2.58 bits per heavy atom. The van der Waals surface area contributed by atoms with Gasteiger partial charge in [0.15, 0.2) is 11.3 Å². The van der Waals surface area contributed by atoms with E-state index >= 15 is 0 Å². The normalized spacial score (nSPS) is 19.9. The highest BCUT2D eigenvalue weighted by molar-refractivity contribution is 6.35. The van der Waals surface area contributed by atoms with Gasteiger partial charge in [-0.1, -0.05) is 43.1 Å². The molecule has 0 spiro atoms. The summed E-state index contributed by atoms with van der Waals surface area (Å²) in [5.74, 6) is 2.36. The summed E-state index contributed by atoms with van der Waals surface area (Å²) in [6.07, 6.45) is -0.822. The third kappa shape index (κ3) is 6.35. The highest BCUT2D eigenvalue weighted by Crippen LogP contribution is 2.38. The third-order valence-corrected chi connectivity index (χ3v) is 8.60. The maximum absolute atomic E-state index is 13.9. The van der Waals surface area contributed by atoms with Gasteiger partial charge in [0.2, 0.25) is 0 Å². The number of benzene rings is 1. The number of anilines is 1. The first kappa shape index (κ1) is 29.4. The van der Waals surface area contributed by atoms with Crippen molar-refractivity contribution in [3.05, 3.63) is 45.7 Å². The molecular formula is C28H36Cl2F3N7. The lowest BCUT2D eigenvalue weighted by Gasteiger charge is -2.47. The Balaban J connectivity index is 1.31. The molecule has 0 amide bonds. The molecule has 0 aliphatic carbocycles. The molecule has 0 radical (unpaired) electrons. The van der Waals surface area contributed by atoms with Gasteiger partial charge in [-0.05, 0) is 68.3 Å². The number of piperidine rings is 1. The number of hydrogen-bond acceptors (Lipinski definition) is 6. The Morgan fingerprint density at radius 2 is 1.88 bits per heavy atom. The number of aromatic nitrogens is 4. The van der Waals surface area contributed by atoms with Crippen molar-refractivity contribution < 1.29 is 13.2 Å². The van der Waals surface area contributed by atoms with Gasteiger partial charge < -0.3 is 15.1 Å². The highest BCUT2D eigenvalue weighted by Gasteiger charge is 2.40. The van der Waals surface area contributed by atoms with Crippen molar-refractivity contribution in [1.29, 1.82) is 0 Å². The molecule has 0 bridgehead atoms. The molecule has 2 aromatic heterocycles. The van der Waals surface area contributed by atoms with Crippen LogP contribution < -0.4 is 10.2 Å². The van der Waals surface area contributed by atoms with E-state index in [-0.39, 0.29) is 11.2 Å². The van der Waals surface area contributed by atoms with Crippen LogP contribution in [-0.2, 0) is 6.18 Å². The van der Waals surface area contributed by atoms with Gasteiger partial charge >= 0.3 is 6.18 Å². The quantitative estimate of drug-likeness (QED) is 0.298. The van der Waals surface area contributed by atoms with E-state index in [0.29, 0.717) is 39.2 Å². The number of halogens is 5. The summed E-state index contributed by atoms with van der Waals surface area (Å²) in [6.45, 7) is 13.1. The van der Waals surface area contributed by atoms with Crippen LogP contribution >= 0.6 is 23.2 Å². The second-order valence-corrected chi connectivity index (χ2v) is 12.3. The minimum Gasteiger partial charge on any atom is -0.355 e. The van der Waals surface area contributed by atoms with E-state index in [1.54, 1.807) is 25.1 Å². The van der Waals surface area contributed by atoms with Crippen LogP contribution in [0, 0.1) is 17.8 Å². The van der Waals surface area contributed by atoms with Crippen molar-refractivity contribution in [3.8, 4) is 0 Å². The molecule has 12 heteroatoms. The van der Waals surface area contributed by atoms with Crippen LogP contribution in [0.2, 0.25) is 10.0 Å². The molecule has 3 aromatic rings. The molecule has 0 unspecified atom stereocenters. The molecule has 4 heterocycles. The van der Waals surface area contributed by atoms with Crippen molar-refractivity contribution in [3.63, 3.8) is 0 Å². The fraction of sp³-hybridized carbons (Fsp3) is 0.607. The van der Waals surface area contributed by atoms with Crippen molar-refractivity contribution in [2.75, 3.05) is 50.7 Å². The van der Waals surface area contributed by atoms with Crippen LogP contribution in [0.25, 0.3) is 11.2 Å². The van der Waals surface area contributed by atoms with Gasteiger partial charge in [0, 0.05) is 42.8 Å². The van der Waals surface area contributed by atoms with Crippen LogP contribution in [0.15, 0.2) is 24.4 Å². The van der Waals surface area contributed by atoms with E-state index in [1.165, 1.54) is 23.7 Å². The first-order valence-electron chi connectivity index (χ1n) is 14.0. The Labute approximate surface area is 243 Å². The van der Waals surface area contributed by atoms with Crippen molar-refractivity contribution in [2.45, 2.75) is 45.8 Å². The topological polar surface area (TPSA) is 62.1 Å². The van der Waals surface area contributed by atoms with Gasteiger partial charge in [-0.3, -0.25) is 0 Å². The lowest BCUT2D eigenvalue weighted by Crippen LogP contribution is -2.54. The number of likely N-dealkylation sites (tertiary alicyclic amines) is 1. The minimum atomic E-state index is -4.66. The summed E-state index contributed by atoms with van der Waals surface area (Å²) >= 11 is 12.4. The van der Waals surface area contributed by atoms with Gasteiger partial charge in [-0.2, -0.15) is 18.3 Å². The predicted octanol–water partition coefficient (Wildman–Crippen LogP) is 6.16. The zero-order valence-electron chi connectivity index (χ0n) is 23.1. The lowest BCUT2D eigenvalue weighted by molar-refractivity contribution is -0.140. The fourth-order valence-corrected chi connectivity index (χ4v) is 6.36. The minimum absolute atomic E-state index is 0.0875. The molecule has 2 fully saturated rings. The summed E-state index contributed by atoms with van der Waals surface area (Å²) in [5.41, 5.74) is -0.629. The average Bonchev–Trinajstić information content (AvgIpc) is 3.25. The number of nitrogens with zero attached hydrogens (tertiary/aromatic N) is 6. The molecule has 40 heavy (non-hydrogen) atoms. The van der Waals surface area contributed by atoms with Gasteiger partial charge in [0.25, 0.3) is 0 Å². The molecule has 0 saturated carbocycles. The van der Waals surface area contributed by atoms with Gasteiger partial charge in [-0.25, -0.2) is 14.6 Å². The number of hydrogen-bond donors (Lipinski definition) is 1. The predicted molar refractivity (Wildman–Crippen MR) is 153 cm³/mol. The van der Waals surface area contributed by atoms with Gasteiger partial charge in [0.05, 0.1) is 12.2 Å². The molecule has 2 saturated heterocycles. The number of nitrogens with one attached hydrogen (secondary N) is 1. The first-order chi connectivity index (χ1) is 19.0. The largest absolute Gasteiger partial charge is 0.437 e. The summed E-state index contributed by atoms with van der Waals surface area (Å²) in [7, 11) is 0. The number of alkyl halides is 3. The lowest BCUT2D eigenvalue weighted by atomic mass is 9.80. The summed E-state index contributed by atoms with van der Waals surface area (Å²) in [4.78, 5) is 13.5. The smallest absolute Gasteiger partial charge is 0.355 e. The third-order valence-electron chi connectivity index (χ3n) is 8.04. The Bertz CT molecular complexity index is 1320. The maximum atomic E-state index is 13.9. The van der Waals surface area contributed by atoms with E-state index in [0.717, 1.165) is 45.8 Å². The van der Waals surface area contributed by atoms with E-state index in [4.69, 9.17) is 23.2 Å². The monoisotopic (exact) mass is 597 g/mol. The summed E-state index contributed by atoms with van der Waals surface area (Å²) in [6, 6.07) is 4.31. The SMILES string of the molecule is CC(C)CNCCN1CCC[C@H](C2CN(c3cnc4c(C(F)(F)F)nn([C@H](C)c5ccc(Cl)cc5Cl)c4n3)C2)C1. The molecule has 2 aliphatic rings. The second-order valence-electron chi connectivity index (χ2n) is 11.5. The Morgan fingerprint density at radius 1 is 1.10 bits per heavy atom. The summed E-state index contributed by atoms with van der Waals surface area (Å²) < 4.78 is 42.9. The van der Waals surface area contributed by atoms with Crippen LogP contribution in [0.3, 0.4) is 0 Å². The zero-order chi connectivity index (χ0) is 28.6. The highest BCUT2D eigenvalue weighted by atomic mass is 35.5. The van der Waals surface area contributed by atoms with E-state index in [9.17, 15) is 13.2 Å². The molecule has 2 aliphatic heterocycles. The molecular weight excluding hydrogens is 562 g/mol. The Hall–Kier alpha value is -2.14. The molecule has 2 atom stereocenters. The second kappa shape index (κ2) is 12.0. The maximum Gasteiger partial charge on any atom is 0.437 e. The standard InChI is InChI=1S/C28H36Cl2F3N7/c1-17(2)12-34-8-10-38-9-4-5-19(14-38)20-15-39(16-20)24-13-35-25-26(28(31,32)33)37-40(27(25)36-24)18(3)22-7-6-21(29)11-23(22)30/h6-7,11,13,17-20,34H,4-5,8-10,12,14-16H2,1-3H3/t18-,19+/m1/s1. The number of rotatable bonds is 9. The molecule has 1 aromatic carbocycles. The zero-order valence-corrected chi connectivity index (χ0v) is 24.6.